The van der Waals surface area contributed by atoms with E-state index >= 15 is 0 Å². The number of aliphatic hydroxyl groups excluding tert-OH is 2. The molecule has 0 aromatic heterocycles. The van der Waals surface area contributed by atoms with Crippen molar-refractivity contribution in [2.45, 2.75) is 219 Å². The molecule has 0 saturated carbocycles. The number of unbranched alkanes of at least 4 members (excludes halogenated alkanes) is 19. The molecule has 0 fully saturated rings. The van der Waals surface area contributed by atoms with E-state index in [1.165, 1.54) is 83.5 Å². The zero-order valence-corrected chi connectivity index (χ0v) is 39.2. The van der Waals surface area contributed by atoms with Crippen molar-refractivity contribution >= 4 is 11.9 Å². The molecular weight excluding hydrogens is 755 g/mol. The van der Waals surface area contributed by atoms with Gasteiger partial charge in [-0.05, 0) is 64.2 Å². The topological polar surface area (TPSA) is 95.9 Å². The van der Waals surface area contributed by atoms with E-state index in [9.17, 15) is 19.8 Å². The molecule has 3 N–H and O–H groups in total. The van der Waals surface area contributed by atoms with Gasteiger partial charge in [-0.25, -0.2) is 0 Å². The number of hydrogen-bond acceptors (Lipinski definition) is 5. The van der Waals surface area contributed by atoms with Crippen LogP contribution in [0.2, 0.25) is 0 Å². The predicted octanol–water partition coefficient (Wildman–Crippen LogP) is 14.7. The quantitative estimate of drug-likeness (QED) is 0.0323. The molecule has 0 radical (unpaired) electrons. The van der Waals surface area contributed by atoms with Gasteiger partial charge in [0.1, 0.15) is 6.10 Å². The number of esters is 1. The van der Waals surface area contributed by atoms with Crippen LogP contribution < -0.4 is 5.32 Å². The van der Waals surface area contributed by atoms with Crippen molar-refractivity contribution in [2.75, 3.05) is 6.61 Å². The molecule has 0 aliphatic carbocycles. The molecule has 0 spiro atoms. The minimum Gasteiger partial charge on any atom is -0.462 e. The molecule has 0 aromatic carbocycles. The second-order valence-corrected chi connectivity index (χ2v) is 16.3. The lowest BCUT2D eigenvalue weighted by Crippen LogP contribution is -2.46. The lowest BCUT2D eigenvalue weighted by atomic mass is 10.0. The molecular formula is C55H91NO5. The van der Waals surface area contributed by atoms with E-state index in [-0.39, 0.29) is 31.3 Å². The van der Waals surface area contributed by atoms with Gasteiger partial charge in [-0.1, -0.05) is 233 Å². The fourth-order valence-corrected chi connectivity index (χ4v) is 6.82. The molecule has 61 heavy (non-hydrogen) atoms. The number of aliphatic hydroxyl groups is 2. The summed E-state index contributed by atoms with van der Waals surface area (Å²) in [4.78, 5) is 26.1. The summed E-state index contributed by atoms with van der Waals surface area (Å²) < 4.78 is 5.86. The van der Waals surface area contributed by atoms with Gasteiger partial charge < -0.3 is 20.3 Å². The first-order valence-electron chi connectivity index (χ1n) is 24.7. The summed E-state index contributed by atoms with van der Waals surface area (Å²) in [6.07, 6.45) is 64.3. The van der Waals surface area contributed by atoms with E-state index in [0.29, 0.717) is 19.3 Å². The molecule has 0 aliphatic heterocycles. The average Bonchev–Trinajstić information content (AvgIpc) is 3.25. The maximum atomic E-state index is 13.2. The van der Waals surface area contributed by atoms with Crippen molar-refractivity contribution in [1.82, 2.24) is 5.32 Å². The molecule has 0 aromatic rings. The van der Waals surface area contributed by atoms with Crippen LogP contribution >= 0.6 is 0 Å². The molecule has 0 heterocycles. The van der Waals surface area contributed by atoms with Crippen LogP contribution in [0, 0.1) is 0 Å². The zero-order valence-electron chi connectivity index (χ0n) is 39.2. The Morgan fingerprint density at radius 3 is 1.38 bits per heavy atom. The molecule has 0 bridgehead atoms. The fraction of sp³-hybridized carbons (Fsp3) is 0.636. The van der Waals surface area contributed by atoms with Gasteiger partial charge >= 0.3 is 5.97 Å². The normalized spacial score (nSPS) is 14.2. The molecule has 1 amide bonds. The summed E-state index contributed by atoms with van der Waals surface area (Å²) in [5.74, 6) is -0.612. The zero-order chi connectivity index (χ0) is 44.5. The third-order valence-corrected chi connectivity index (χ3v) is 10.6. The second-order valence-electron chi connectivity index (χ2n) is 16.3. The summed E-state index contributed by atoms with van der Waals surface area (Å²) in [6, 6.07) is -0.736. The first kappa shape index (κ1) is 57.5. The maximum absolute atomic E-state index is 13.2. The van der Waals surface area contributed by atoms with Crippen LogP contribution in [-0.2, 0) is 14.3 Å². The summed E-state index contributed by atoms with van der Waals surface area (Å²) in [7, 11) is 0. The Kier molecular flexibility index (Phi) is 44.9. The Hall–Kier alpha value is -3.48. The number of carbonyl (C=O) groups is 2. The number of allylic oxidation sites excluding steroid dienone is 18. The first-order chi connectivity index (χ1) is 30.0. The van der Waals surface area contributed by atoms with Crippen molar-refractivity contribution in [3.05, 3.63) is 109 Å². The molecule has 3 atom stereocenters. The van der Waals surface area contributed by atoms with Crippen molar-refractivity contribution in [1.29, 1.82) is 0 Å². The van der Waals surface area contributed by atoms with Crippen LogP contribution in [0.4, 0.5) is 0 Å². The molecule has 6 nitrogen and oxygen atoms in total. The van der Waals surface area contributed by atoms with Crippen molar-refractivity contribution in [3.63, 3.8) is 0 Å². The third kappa shape index (κ3) is 43.0. The molecule has 0 aliphatic rings. The highest BCUT2D eigenvalue weighted by Gasteiger charge is 2.24. The third-order valence-electron chi connectivity index (χ3n) is 10.6. The minimum absolute atomic E-state index is 0.0160. The van der Waals surface area contributed by atoms with E-state index < -0.39 is 18.2 Å². The monoisotopic (exact) mass is 846 g/mol. The Morgan fingerprint density at radius 1 is 0.492 bits per heavy atom. The van der Waals surface area contributed by atoms with Gasteiger partial charge in [0.25, 0.3) is 0 Å². The number of hydrogen-bond donors (Lipinski definition) is 3. The van der Waals surface area contributed by atoms with Crippen LogP contribution in [0.1, 0.15) is 201 Å². The standard InChI is InChI=1S/C55H91NO5/c1-4-7-10-13-16-19-22-25-26-27-30-31-34-37-40-43-46-51(61-55(60)48-45-42-39-36-33-29-24-21-18-15-12-9-6-3)49-54(59)56-52(50-57)53(58)47-44-41-38-35-32-28-23-20-17-14-11-8-5-2/h9,12,15-16,18-19,21-22,24-27,29-31,33,36,39,51-53,57-58H,4-8,10-11,13-14,17,20,23,28,32,34-35,37-38,40-50H2,1-3H3,(H,56,59)/b12-9+,18-15+,19-16+,24-21-,25-22+,27-26+,31-30+,33-29-,39-36+. The second kappa shape index (κ2) is 47.6. The van der Waals surface area contributed by atoms with E-state index in [2.05, 4.69) is 62.5 Å². The fourth-order valence-electron chi connectivity index (χ4n) is 6.82. The summed E-state index contributed by atoms with van der Waals surface area (Å²) in [5, 5.41) is 23.7. The SMILES string of the molecule is CC/C=C/C=C/C=C\C=C/C=C/CCCC(=O)OC(CCCCC/C=C/C=C/C=C/C=C/CCCCC)CC(=O)NC(CO)C(O)CCCCCCCCCCCCCCC. The molecule has 0 saturated heterocycles. The summed E-state index contributed by atoms with van der Waals surface area (Å²) in [6.45, 7) is 6.25. The molecule has 3 unspecified atom stereocenters. The van der Waals surface area contributed by atoms with Crippen LogP contribution in [0.3, 0.4) is 0 Å². The smallest absolute Gasteiger partial charge is 0.306 e. The van der Waals surface area contributed by atoms with E-state index in [1.54, 1.807) is 0 Å². The predicted molar refractivity (Wildman–Crippen MR) is 263 cm³/mol. The summed E-state index contributed by atoms with van der Waals surface area (Å²) in [5.41, 5.74) is 0. The van der Waals surface area contributed by atoms with E-state index in [0.717, 1.165) is 64.2 Å². The van der Waals surface area contributed by atoms with E-state index in [1.807, 2.05) is 72.9 Å². The molecule has 6 heteroatoms. The van der Waals surface area contributed by atoms with E-state index in [4.69, 9.17) is 4.74 Å². The number of rotatable bonds is 42. The van der Waals surface area contributed by atoms with Gasteiger partial charge in [0.2, 0.25) is 5.91 Å². The van der Waals surface area contributed by atoms with Crippen molar-refractivity contribution in [2.24, 2.45) is 0 Å². The minimum atomic E-state index is -0.817. The summed E-state index contributed by atoms with van der Waals surface area (Å²) >= 11 is 0. The number of amides is 1. The highest BCUT2D eigenvalue weighted by Crippen LogP contribution is 2.16. The van der Waals surface area contributed by atoms with Crippen LogP contribution in [0.25, 0.3) is 0 Å². The Balaban J connectivity index is 4.82. The molecule has 0 rings (SSSR count). The van der Waals surface area contributed by atoms with Gasteiger partial charge in [-0.3, -0.25) is 9.59 Å². The maximum Gasteiger partial charge on any atom is 0.306 e. The Bertz CT molecular complexity index is 1270. The average molecular weight is 846 g/mol. The largest absolute Gasteiger partial charge is 0.462 e. The van der Waals surface area contributed by atoms with Gasteiger partial charge in [-0.15, -0.1) is 0 Å². The Morgan fingerprint density at radius 2 is 0.885 bits per heavy atom. The first-order valence-corrected chi connectivity index (χ1v) is 24.7. The van der Waals surface area contributed by atoms with Gasteiger partial charge in [0.05, 0.1) is 25.2 Å². The Labute approximate surface area is 375 Å². The number of nitrogens with one attached hydrogen (secondary N) is 1. The highest BCUT2D eigenvalue weighted by molar-refractivity contribution is 5.77. The van der Waals surface area contributed by atoms with Crippen LogP contribution in [-0.4, -0.2) is 46.9 Å². The van der Waals surface area contributed by atoms with Gasteiger partial charge in [0, 0.05) is 6.42 Å². The van der Waals surface area contributed by atoms with Gasteiger partial charge in [0.15, 0.2) is 0 Å². The van der Waals surface area contributed by atoms with Crippen LogP contribution in [0.5, 0.6) is 0 Å². The highest BCUT2D eigenvalue weighted by atomic mass is 16.5. The van der Waals surface area contributed by atoms with Crippen molar-refractivity contribution < 1.29 is 24.5 Å². The lowest BCUT2D eigenvalue weighted by Gasteiger charge is -2.24. The van der Waals surface area contributed by atoms with Crippen molar-refractivity contribution in [3.8, 4) is 0 Å². The molecule has 346 valence electrons. The number of ether oxygens (including phenoxy) is 1. The van der Waals surface area contributed by atoms with Gasteiger partial charge in [-0.2, -0.15) is 0 Å². The number of carbonyl (C=O) groups excluding carboxylic acids is 2. The lowest BCUT2D eigenvalue weighted by molar-refractivity contribution is -0.151. The van der Waals surface area contributed by atoms with Crippen LogP contribution in [0.15, 0.2) is 109 Å².